The van der Waals surface area contributed by atoms with Crippen LogP contribution in [0.1, 0.15) is 5.56 Å². The molecule has 1 aliphatic rings. The zero-order valence-electron chi connectivity index (χ0n) is 9.56. The van der Waals surface area contributed by atoms with Crippen molar-refractivity contribution < 1.29 is 4.79 Å². The van der Waals surface area contributed by atoms with E-state index in [1.165, 1.54) is 10.5 Å². The second kappa shape index (κ2) is 5.89. The highest BCUT2D eigenvalue weighted by Gasteiger charge is 2.27. The van der Waals surface area contributed by atoms with Crippen LogP contribution in [0.5, 0.6) is 0 Å². The molecule has 3 N–H and O–H groups in total. The molecule has 2 rings (SSSR count). The Kier molecular flexibility index (Phi) is 4.23. The molecule has 17 heavy (non-hydrogen) atoms. The maximum atomic E-state index is 11.9. The summed E-state index contributed by atoms with van der Waals surface area (Å²) < 4.78 is 0. The number of nitrogens with one attached hydrogen (secondary N) is 1. The monoisotopic (exact) mass is 248 g/mol. The third kappa shape index (κ3) is 3.11. The lowest BCUT2D eigenvalue weighted by Crippen LogP contribution is -2.32. The van der Waals surface area contributed by atoms with Gasteiger partial charge in [0.15, 0.2) is 0 Å². The number of fused-ring (bicyclic) bond motifs is 1. The quantitative estimate of drug-likeness (QED) is 0.791. The summed E-state index contributed by atoms with van der Waals surface area (Å²) >= 11 is 1.65. The van der Waals surface area contributed by atoms with E-state index in [1.807, 2.05) is 24.3 Å². The molecule has 0 fully saturated rings. The number of thioether (sulfide) groups is 1. The summed E-state index contributed by atoms with van der Waals surface area (Å²) in [4.78, 5) is 13.1. The molecule has 0 radical (unpaired) electrons. The molecular weight excluding hydrogens is 232 g/mol. The van der Waals surface area contributed by atoms with Gasteiger partial charge in [-0.1, -0.05) is 30.4 Å². The number of rotatable bonds is 4. The molecule has 0 saturated carbocycles. The van der Waals surface area contributed by atoms with Gasteiger partial charge in [0.25, 0.3) is 0 Å². The zero-order valence-corrected chi connectivity index (χ0v) is 10.4. The van der Waals surface area contributed by atoms with Crippen LogP contribution in [0.4, 0.5) is 0 Å². The Morgan fingerprint density at radius 1 is 1.47 bits per heavy atom. The minimum Gasteiger partial charge on any atom is -0.352 e. The molecule has 1 aromatic rings. The first-order valence-electron chi connectivity index (χ1n) is 5.68. The number of nitrogens with two attached hydrogens (primary N) is 1. The van der Waals surface area contributed by atoms with E-state index < -0.39 is 0 Å². The van der Waals surface area contributed by atoms with Crippen molar-refractivity contribution in [3.63, 3.8) is 0 Å². The van der Waals surface area contributed by atoms with Crippen LogP contribution in [0.2, 0.25) is 0 Å². The summed E-state index contributed by atoms with van der Waals surface area (Å²) in [6.07, 6.45) is 4.55. The average Bonchev–Trinajstić information content (AvgIpc) is 2.78. The number of hydrogen-bond acceptors (Lipinski definition) is 3. The van der Waals surface area contributed by atoms with Gasteiger partial charge in [-0.25, -0.2) is 0 Å². The standard InChI is InChI=1S/C13H16N2OS/c14-7-3-4-8-15-13(16)12-9-10-5-1-2-6-11(10)17-12/h1-6,12H,7-9,14H2,(H,15,16)/b4-3+. The topological polar surface area (TPSA) is 55.1 Å². The van der Waals surface area contributed by atoms with Gasteiger partial charge in [-0.3, -0.25) is 4.79 Å². The predicted octanol–water partition coefficient (Wildman–Crippen LogP) is 1.33. The van der Waals surface area contributed by atoms with Gasteiger partial charge >= 0.3 is 0 Å². The van der Waals surface area contributed by atoms with Gasteiger partial charge in [-0.2, -0.15) is 0 Å². The average molecular weight is 248 g/mol. The van der Waals surface area contributed by atoms with Crippen molar-refractivity contribution >= 4 is 17.7 Å². The smallest absolute Gasteiger partial charge is 0.234 e. The van der Waals surface area contributed by atoms with Crippen molar-refractivity contribution in [3.8, 4) is 0 Å². The third-order valence-corrected chi connectivity index (χ3v) is 3.95. The van der Waals surface area contributed by atoms with Gasteiger partial charge in [0.2, 0.25) is 5.91 Å². The van der Waals surface area contributed by atoms with E-state index in [4.69, 9.17) is 5.73 Å². The van der Waals surface area contributed by atoms with E-state index in [0.717, 1.165) is 6.42 Å². The molecule has 0 saturated heterocycles. The SMILES string of the molecule is NC/C=C/CNC(=O)C1Cc2ccccc2S1. The Balaban J connectivity index is 1.86. The predicted molar refractivity (Wildman–Crippen MR) is 71.0 cm³/mol. The number of amides is 1. The maximum Gasteiger partial charge on any atom is 0.234 e. The molecule has 0 bridgehead atoms. The van der Waals surface area contributed by atoms with Crippen LogP contribution >= 0.6 is 11.8 Å². The van der Waals surface area contributed by atoms with E-state index in [0.29, 0.717) is 13.1 Å². The largest absolute Gasteiger partial charge is 0.352 e. The van der Waals surface area contributed by atoms with Crippen LogP contribution in [-0.4, -0.2) is 24.2 Å². The van der Waals surface area contributed by atoms with Crippen molar-refractivity contribution in [3.05, 3.63) is 42.0 Å². The second-order valence-corrected chi connectivity index (χ2v) is 5.12. The fraction of sp³-hybridized carbons (Fsp3) is 0.308. The van der Waals surface area contributed by atoms with E-state index in [1.54, 1.807) is 11.8 Å². The number of hydrogen-bond donors (Lipinski definition) is 2. The fourth-order valence-corrected chi connectivity index (χ4v) is 3.00. The van der Waals surface area contributed by atoms with Crippen molar-refractivity contribution in [2.24, 2.45) is 5.73 Å². The van der Waals surface area contributed by atoms with Gasteiger partial charge in [0, 0.05) is 18.0 Å². The summed E-state index contributed by atoms with van der Waals surface area (Å²) in [5.74, 6) is 0.105. The van der Waals surface area contributed by atoms with Crippen molar-refractivity contribution in [2.75, 3.05) is 13.1 Å². The first-order valence-corrected chi connectivity index (χ1v) is 6.56. The van der Waals surface area contributed by atoms with Crippen LogP contribution in [0, 0.1) is 0 Å². The lowest BCUT2D eigenvalue weighted by molar-refractivity contribution is -0.120. The number of carbonyl (C=O) groups is 1. The molecule has 3 nitrogen and oxygen atoms in total. The summed E-state index contributed by atoms with van der Waals surface area (Å²) in [6.45, 7) is 1.07. The van der Waals surface area contributed by atoms with Crippen molar-refractivity contribution in [1.82, 2.24) is 5.32 Å². The van der Waals surface area contributed by atoms with Gasteiger partial charge < -0.3 is 11.1 Å². The molecule has 1 heterocycles. The van der Waals surface area contributed by atoms with E-state index in [-0.39, 0.29) is 11.2 Å². The molecule has 4 heteroatoms. The minimum atomic E-state index is 0.0127. The molecule has 0 aromatic heterocycles. The molecule has 0 aliphatic carbocycles. The maximum absolute atomic E-state index is 11.9. The van der Waals surface area contributed by atoms with Crippen LogP contribution in [-0.2, 0) is 11.2 Å². The third-order valence-electron chi connectivity index (χ3n) is 2.64. The van der Waals surface area contributed by atoms with Gasteiger partial charge in [-0.05, 0) is 18.1 Å². The normalized spacial score (nSPS) is 18.3. The Morgan fingerprint density at radius 3 is 3.06 bits per heavy atom. The highest BCUT2D eigenvalue weighted by Crippen LogP contribution is 2.36. The first kappa shape index (κ1) is 12.2. The number of carbonyl (C=O) groups excluding carboxylic acids is 1. The van der Waals surface area contributed by atoms with Gasteiger partial charge in [0.1, 0.15) is 0 Å². The van der Waals surface area contributed by atoms with Crippen LogP contribution in [0.25, 0.3) is 0 Å². The lowest BCUT2D eigenvalue weighted by Gasteiger charge is -2.07. The highest BCUT2D eigenvalue weighted by atomic mass is 32.2. The summed E-state index contributed by atoms with van der Waals surface area (Å²) in [5, 5.41) is 2.90. The van der Waals surface area contributed by atoms with Gasteiger partial charge in [0.05, 0.1) is 5.25 Å². The van der Waals surface area contributed by atoms with Crippen molar-refractivity contribution in [2.45, 2.75) is 16.6 Å². The molecule has 1 aromatic carbocycles. The van der Waals surface area contributed by atoms with Crippen LogP contribution in [0.3, 0.4) is 0 Å². The second-order valence-electron chi connectivity index (χ2n) is 3.87. The fourth-order valence-electron chi connectivity index (χ4n) is 1.78. The molecular formula is C13H16N2OS. The van der Waals surface area contributed by atoms with Crippen LogP contribution < -0.4 is 11.1 Å². The van der Waals surface area contributed by atoms with Crippen molar-refractivity contribution in [1.29, 1.82) is 0 Å². The Bertz CT molecular complexity index is 406. The Morgan fingerprint density at radius 2 is 2.29 bits per heavy atom. The number of benzene rings is 1. The molecule has 1 atom stereocenters. The molecule has 1 aliphatic heterocycles. The molecule has 90 valence electrons. The highest BCUT2D eigenvalue weighted by molar-refractivity contribution is 8.01. The molecule has 0 spiro atoms. The van der Waals surface area contributed by atoms with Gasteiger partial charge in [-0.15, -0.1) is 11.8 Å². The minimum absolute atomic E-state index is 0.0127. The zero-order chi connectivity index (χ0) is 12.1. The summed E-state index contributed by atoms with van der Waals surface area (Å²) in [6, 6.07) is 8.19. The van der Waals surface area contributed by atoms with E-state index in [9.17, 15) is 4.79 Å². The summed E-state index contributed by atoms with van der Waals surface area (Å²) in [7, 11) is 0. The Labute approximate surface area is 105 Å². The molecule has 1 amide bonds. The molecule has 1 unspecified atom stereocenters. The van der Waals surface area contributed by atoms with E-state index >= 15 is 0 Å². The first-order chi connectivity index (χ1) is 8.31. The lowest BCUT2D eigenvalue weighted by atomic mass is 10.1. The Hall–Kier alpha value is -1.26. The van der Waals surface area contributed by atoms with E-state index in [2.05, 4.69) is 17.4 Å². The summed E-state index contributed by atoms with van der Waals surface area (Å²) in [5.41, 5.74) is 6.59. The van der Waals surface area contributed by atoms with Crippen LogP contribution in [0.15, 0.2) is 41.3 Å².